The summed E-state index contributed by atoms with van der Waals surface area (Å²) < 4.78 is 47.8. The van der Waals surface area contributed by atoms with Gasteiger partial charge in [-0.2, -0.15) is 17.5 Å². The highest BCUT2D eigenvalue weighted by Gasteiger charge is 2.26. The molecule has 9 heteroatoms. The van der Waals surface area contributed by atoms with Crippen molar-refractivity contribution in [3.63, 3.8) is 0 Å². The van der Waals surface area contributed by atoms with E-state index in [1.807, 2.05) is 0 Å². The topological polar surface area (TPSA) is 67.3 Å². The molecule has 0 bridgehead atoms. The van der Waals surface area contributed by atoms with Gasteiger partial charge >= 0.3 is 6.18 Å². The first-order chi connectivity index (χ1) is 7.97. The molecular weight excluding hydrogens is 259 g/mol. The van der Waals surface area contributed by atoms with Gasteiger partial charge in [0.05, 0.1) is 18.1 Å². The number of aliphatic hydroxyl groups excluding tert-OH is 1. The Hall–Kier alpha value is -0.930. The Labute approximate surface area is 99.9 Å². The van der Waals surface area contributed by atoms with E-state index < -0.39 is 18.7 Å². The summed E-state index contributed by atoms with van der Waals surface area (Å²) in [5.74, 6) is 0.296. The summed E-state index contributed by atoms with van der Waals surface area (Å²) in [6.07, 6.45) is -4.59. The maximum Gasteiger partial charge on any atom is 0.390 e. The van der Waals surface area contributed by atoms with E-state index in [4.69, 9.17) is 4.74 Å². The van der Waals surface area contributed by atoms with E-state index in [9.17, 15) is 18.3 Å². The smallest absolute Gasteiger partial charge is 0.390 e. The normalized spacial score (nSPS) is 13.6. The van der Waals surface area contributed by atoms with Crippen LogP contribution in [0.4, 0.5) is 13.2 Å². The first kappa shape index (κ1) is 14.1. The average Bonchev–Trinajstić information content (AvgIpc) is 2.73. The van der Waals surface area contributed by atoms with Gasteiger partial charge in [0.2, 0.25) is 5.88 Å². The lowest BCUT2D eigenvalue weighted by atomic mass is 10.3. The van der Waals surface area contributed by atoms with Gasteiger partial charge in [0.1, 0.15) is 18.9 Å². The zero-order valence-electron chi connectivity index (χ0n) is 8.78. The average molecular weight is 271 g/mol. The minimum Gasteiger partial charge on any atom is -0.473 e. The van der Waals surface area contributed by atoms with Crippen LogP contribution in [-0.2, 0) is 0 Å². The van der Waals surface area contributed by atoms with Gasteiger partial charge in [0.25, 0.3) is 0 Å². The van der Waals surface area contributed by atoms with Gasteiger partial charge < -0.3 is 15.2 Å². The van der Waals surface area contributed by atoms with Crippen molar-refractivity contribution in [2.45, 2.75) is 18.7 Å². The summed E-state index contributed by atoms with van der Waals surface area (Å²) in [7, 11) is 0. The summed E-state index contributed by atoms with van der Waals surface area (Å²) in [5.41, 5.74) is 0. The van der Waals surface area contributed by atoms with Gasteiger partial charge in [-0.05, 0) is 0 Å². The summed E-state index contributed by atoms with van der Waals surface area (Å²) in [6.45, 7) is -0.225. The zero-order valence-corrected chi connectivity index (χ0v) is 9.59. The fourth-order valence-electron chi connectivity index (χ4n) is 0.959. The molecule has 1 unspecified atom stereocenters. The molecule has 2 N–H and O–H groups in total. The minimum absolute atomic E-state index is 0.0354. The molecule has 0 amide bonds. The van der Waals surface area contributed by atoms with E-state index in [2.05, 4.69) is 14.1 Å². The van der Waals surface area contributed by atoms with Crippen LogP contribution >= 0.6 is 11.7 Å². The molecular formula is C8H12F3N3O2S. The quantitative estimate of drug-likeness (QED) is 0.719. The zero-order chi connectivity index (χ0) is 12.7. The SMILES string of the molecule is OC(CNCCC(F)(F)F)COc1cnsn1. The molecule has 0 aliphatic carbocycles. The van der Waals surface area contributed by atoms with Crippen LogP contribution in [0.25, 0.3) is 0 Å². The van der Waals surface area contributed by atoms with Crippen LogP contribution in [0.1, 0.15) is 6.42 Å². The lowest BCUT2D eigenvalue weighted by Gasteiger charge is -2.12. The molecule has 0 aromatic carbocycles. The molecule has 1 atom stereocenters. The van der Waals surface area contributed by atoms with Crippen molar-refractivity contribution in [2.24, 2.45) is 0 Å². The van der Waals surface area contributed by atoms with Crippen molar-refractivity contribution in [2.75, 3.05) is 19.7 Å². The van der Waals surface area contributed by atoms with Crippen molar-refractivity contribution in [1.82, 2.24) is 14.1 Å². The predicted octanol–water partition coefficient (Wildman–Crippen LogP) is 0.820. The Morgan fingerprint density at radius 3 is 2.88 bits per heavy atom. The van der Waals surface area contributed by atoms with Gasteiger partial charge in [0, 0.05) is 13.1 Å². The van der Waals surface area contributed by atoms with E-state index >= 15 is 0 Å². The van der Waals surface area contributed by atoms with Gasteiger partial charge in [-0.25, -0.2) is 0 Å². The van der Waals surface area contributed by atoms with E-state index in [-0.39, 0.29) is 19.7 Å². The van der Waals surface area contributed by atoms with Gasteiger partial charge in [0.15, 0.2) is 0 Å². The van der Waals surface area contributed by atoms with Gasteiger partial charge in [-0.15, -0.1) is 4.37 Å². The second kappa shape index (κ2) is 6.72. The fraction of sp³-hybridized carbons (Fsp3) is 0.750. The molecule has 0 fully saturated rings. The molecule has 17 heavy (non-hydrogen) atoms. The molecule has 0 aliphatic heterocycles. The highest BCUT2D eigenvalue weighted by molar-refractivity contribution is 6.99. The van der Waals surface area contributed by atoms with Crippen LogP contribution in [0.3, 0.4) is 0 Å². The van der Waals surface area contributed by atoms with Gasteiger partial charge in [-0.3, -0.25) is 0 Å². The van der Waals surface area contributed by atoms with Crippen molar-refractivity contribution < 1.29 is 23.0 Å². The van der Waals surface area contributed by atoms with E-state index in [0.29, 0.717) is 5.88 Å². The van der Waals surface area contributed by atoms with Crippen LogP contribution in [0.5, 0.6) is 5.88 Å². The minimum atomic E-state index is -4.18. The Bertz CT molecular complexity index is 307. The standard InChI is InChI=1S/C8H12F3N3O2S/c9-8(10,11)1-2-12-3-6(15)5-16-7-4-13-17-14-7/h4,6,12,15H,1-3,5H2. The Kier molecular flexibility index (Phi) is 5.59. The third-order valence-corrected chi connectivity index (χ3v) is 2.19. The predicted molar refractivity (Wildman–Crippen MR) is 55.0 cm³/mol. The van der Waals surface area contributed by atoms with Gasteiger partial charge in [-0.1, -0.05) is 0 Å². The number of alkyl halides is 3. The van der Waals surface area contributed by atoms with Crippen LogP contribution in [0.2, 0.25) is 0 Å². The molecule has 0 aliphatic rings. The maximum atomic E-state index is 11.8. The van der Waals surface area contributed by atoms with Crippen molar-refractivity contribution in [3.05, 3.63) is 6.20 Å². The number of hydrogen-bond acceptors (Lipinski definition) is 6. The number of ether oxygens (including phenoxy) is 1. The number of hydrogen-bond donors (Lipinski definition) is 2. The number of aromatic nitrogens is 2. The summed E-state index contributed by atoms with van der Waals surface area (Å²) in [6, 6.07) is 0. The molecule has 0 radical (unpaired) electrons. The number of nitrogens with zero attached hydrogens (tertiary/aromatic N) is 2. The van der Waals surface area contributed by atoms with Crippen molar-refractivity contribution >= 4 is 11.7 Å². The third kappa shape index (κ3) is 7.08. The number of nitrogens with one attached hydrogen (secondary N) is 1. The van der Waals surface area contributed by atoms with Crippen LogP contribution in [0.15, 0.2) is 6.20 Å². The largest absolute Gasteiger partial charge is 0.473 e. The Morgan fingerprint density at radius 1 is 1.53 bits per heavy atom. The van der Waals surface area contributed by atoms with E-state index in [1.165, 1.54) is 6.20 Å². The summed E-state index contributed by atoms with van der Waals surface area (Å²) >= 11 is 0.968. The second-order valence-electron chi connectivity index (χ2n) is 3.28. The number of rotatable bonds is 7. The summed E-state index contributed by atoms with van der Waals surface area (Å²) in [5, 5.41) is 11.9. The monoisotopic (exact) mass is 271 g/mol. The molecule has 98 valence electrons. The molecule has 0 spiro atoms. The van der Waals surface area contributed by atoms with Crippen LogP contribution in [-0.4, -0.2) is 45.8 Å². The molecule has 5 nitrogen and oxygen atoms in total. The van der Waals surface area contributed by atoms with Crippen molar-refractivity contribution in [3.8, 4) is 5.88 Å². The fourth-order valence-corrected chi connectivity index (χ4v) is 1.32. The number of aliphatic hydroxyl groups is 1. The lowest BCUT2D eigenvalue weighted by molar-refractivity contribution is -0.133. The third-order valence-electron chi connectivity index (χ3n) is 1.73. The Balaban J connectivity index is 2.03. The van der Waals surface area contributed by atoms with Crippen molar-refractivity contribution in [1.29, 1.82) is 0 Å². The molecule has 1 rings (SSSR count). The molecule has 1 aromatic rings. The highest BCUT2D eigenvalue weighted by Crippen LogP contribution is 2.18. The Morgan fingerprint density at radius 2 is 2.29 bits per heavy atom. The van der Waals surface area contributed by atoms with Crippen LogP contribution in [0, 0.1) is 0 Å². The summed E-state index contributed by atoms with van der Waals surface area (Å²) in [4.78, 5) is 0. The highest BCUT2D eigenvalue weighted by atomic mass is 32.1. The maximum absolute atomic E-state index is 11.8. The lowest BCUT2D eigenvalue weighted by Crippen LogP contribution is -2.33. The van der Waals surface area contributed by atoms with E-state index in [0.717, 1.165) is 11.7 Å². The molecule has 1 aromatic heterocycles. The van der Waals surface area contributed by atoms with E-state index in [1.54, 1.807) is 0 Å². The number of halogens is 3. The molecule has 0 saturated carbocycles. The molecule has 1 heterocycles. The second-order valence-corrected chi connectivity index (χ2v) is 3.84. The molecule has 0 saturated heterocycles. The first-order valence-electron chi connectivity index (χ1n) is 4.83. The van der Waals surface area contributed by atoms with Crippen LogP contribution < -0.4 is 10.1 Å². The first-order valence-corrected chi connectivity index (χ1v) is 5.56.